The number of hydrogen-bond donors (Lipinski definition) is 1. The summed E-state index contributed by atoms with van der Waals surface area (Å²) in [6, 6.07) is 10.2. The Morgan fingerprint density at radius 3 is 2.36 bits per heavy atom. The molecule has 1 aromatic rings. The first-order valence-corrected chi connectivity index (χ1v) is 4.94. The lowest BCUT2D eigenvalue weighted by Crippen LogP contribution is -1.78. The lowest BCUT2D eigenvalue weighted by atomic mass is 10.1. The van der Waals surface area contributed by atoms with Gasteiger partial charge in [0.15, 0.2) is 0 Å². The van der Waals surface area contributed by atoms with Gasteiger partial charge in [-0.15, -0.1) is 12.6 Å². The van der Waals surface area contributed by atoms with E-state index in [1.807, 2.05) is 43.4 Å². The summed E-state index contributed by atoms with van der Waals surface area (Å²) in [5.74, 6) is 0. The summed E-state index contributed by atoms with van der Waals surface area (Å²) in [5, 5.41) is 0. The van der Waals surface area contributed by atoms with E-state index in [1.54, 1.807) is 0 Å². The minimum absolute atomic E-state index is 0.986. The van der Waals surface area contributed by atoms with Crippen molar-refractivity contribution in [2.45, 2.75) is 6.92 Å². The Kier molecular flexibility index (Phi) is 4.27. The van der Waals surface area contributed by atoms with Crippen LogP contribution in [0, 0.1) is 0 Å². The van der Waals surface area contributed by atoms with Gasteiger partial charge >= 0.3 is 0 Å². The molecule has 0 aliphatic carbocycles. The third-order valence-electron chi connectivity index (χ3n) is 1.83. The molecule has 0 atom stereocenters. The molecule has 0 saturated carbocycles. The maximum Gasteiger partial charge on any atom is -0.0184 e. The van der Waals surface area contributed by atoms with Crippen molar-refractivity contribution in [1.82, 2.24) is 0 Å². The number of rotatable bonds is 3. The van der Waals surface area contributed by atoms with E-state index in [0.717, 1.165) is 10.5 Å². The van der Waals surface area contributed by atoms with Gasteiger partial charge in [0.1, 0.15) is 0 Å². The van der Waals surface area contributed by atoms with Crippen LogP contribution in [0.2, 0.25) is 0 Å². The fraction of sp³-hybridized carbons (Fsp3) is 0.0769. The molecule has 0 saturated heterocycles. The van der Waals surface area contributed by atoms with Crippen molar-refractivity contribution in [1.29, 1.82) is 0 Å². The van der Waals surface area contributed by atoms with Gasteiger partial charge in [-0.1, -0.05) is 55.1 Å². The van der Waals surface area contributed by atoms with Crippen LogP contribution in [-0.4, -0.2) is 0 Å². The molecule has 0 bridgehead atoms. The average Bonchev–Trinajstić information content (AvgIpc) is 2.20. The minimum atomic E-state index is 0.986. The highest BCUT2D eigenvalue weighted by atomic mass is 32.1. The Morgan fingerprint density at radius 2 is 1.86 bits per heavy atom. The zero-order chi connectivity index (χ0) is 10.4. The molecule has 0 aliphatic heterocycles. The molecule has 0 radical (unpaired) electrons. The van der Waals surface area contributed by atoms with Crippen LogP contribution in [0.5, 0.6) is 0 Å². The van der Waals surface area contributed by atoms with E-state index < -0.39 is 0 Å². The molecule has 72 valence electrons. The van der Waals surface area contributed by atoms with Crippen LogP contribution in [0.15, 0.2) is 60.0 Å². The van der Waals surface area contributed by atoms with Gasteiger partial charge in [0.25, 0.3) is 0 Å². The van der Waals surface area contributed by atoms with E-state index in [2.05, 4.69) is 31.3 Å². The lowest BCUT2D eigenvalue weighted by molar-refractivity contribution is 1.61. The molecule has 1 aromatic carbocycles. The Balaban J connectivity index is 2.99. The summed E-state index contributed by atoms with van der Waals surface area (Å²) >= 11 is 4.21. The van der Waals surface area contributed by atoms with Crippen molar-refractivity contribution in [2.75, 3.05) is 0 Å². The van der Waals surface area contributed by atoms with E-state index in [9.17, 15) is 0 Å². The smallest absolute Gasteiger partial charge is 0.0184 e. The van der Waals surface area contributed by atoms with Crippen LogP contribution < -0.4 is 0 Å². The molecule has 0 fully saturated rings. The maximum absolute atomic E-state index is 4.21. The predicted octanol–water partition coefficient (Wildman–Crippen LogP) is 4.09. The van der Waals surface area contributed by atoms with Crippen LogP contribution >= 0.6 is 12.6 Å². The van der Waals surface area contributed by atoms with Gasteiger partial charge in [0, 0.05) is 0 Å². The zero-order valence-electron chi connectivity index (χ0n) is 8.27. The number of allylic oxidation sites excluding steroid dienone is 5. The molecular weight excluding hydrogens is 188 g/mol. The molecule has 0 N–H and O–H groups in total. The molecule has 1 heteroatoms. The van der Waals surface area contributed by atoms with E-state index in [1.165, 1.54) is 5.56 Å². The first-order valence-electron chi connectivity index (χ1n) is 4.49. The van der Waals surface area contributed by atoms with Crippen molar-refractivity contribution < 1.29 is 0 Å². The second-order valence-corrected chi connectivity index (χ2v) is 3.71. The molecule has 0 spiro atoms. The molecule has 0 amide bonds. The summed E-state index contributed by atoms with van der Waals surface area (Å²) < 4.78 is 0. The van der Waals surface area contributed by atoms with Gasteiger partial charge in [-0.3, -0.25) is 0 Å². The third-order valence-corrected chi connectivity index (χ3v) is 1.98. The van der Waals surface area contributed by atoms with Crippen molar-refractivity contribution in [3.8, 4) is 0 Å². The Hall–Kier alpha value is -1.21. The monoisotopic (exact) mass is 202 g/mol. The first kappa shape index (κ1) is 10.9. The summed E-state index contributed by atoms with van der Waals surface area (Å²) in [5.41, 5.74) is 2.28. The first-order chi connectivity index (χ1) is 6.74. The van der Waals surface area contributed by atoms with Gasteiger partial charge in [0.05, 0.1) is 0 Å². The Morgan fingerprint density at radius 1 is 1.21 bits per heavy atom. The second kappa shape index (κ2) is 5.51. The number of hydrogen-bond acceptors (Lipinski definition) is 1. The van der Waals surface area contributed by atoms with Crippen molar-refractivity contribution in [2.24, 2.45) is 0 Å². The predicted molar refractivity (Wildman–Crippen MR) is 67.4 cm³/mol. The number of thiol groups is 1. The molecule has 14 heavy (non-hydrogen) atoms. The van der Waals surface area contributed by atoms with Crippen LogP contribution in [0.1, 0.15) is 12.5 Å². The van der Waals surface area contributed by atoms with E-state index >= 15 is 0 Å². The van der Waals surface area contributed by atoms with Gasteiger partial charge in [-0.2, -0.15) is 0 Å². The summed E-state index contributed by atoms with van der Waals surface area (Å²) in [6.45, 7) is 5.74. The standard InChI is InChI=1S/C13H14S/c1-3-12(10-9-11(2)14)13-7-5-4-6-8-13/h3-10,14H,1H2,2H3/b11-9+,12-10+. The normalized spacial score (nSPS) is 12.7. The fourth-order valence-corrected chi connectivity index (χ4v) is 1.20. The van der Waals surface area contributed by atoms with Crippen LogP contribution in [0.25, 0.3) is 5.57 Å². The van der Waals surface area contributed by atoms with Gasteiger partial charge in [-0.25, -0.2) is 0 Å². The van der Waals surface area contributed by atoms with Crippen LogP contribution in [0.4, 0.5) is 0 Å². The molecule has 0 nitrogen and oxygen atoms in total. The zero-order valence-corrected chi connectivity index (χ0v) is 9.17. The van der Waals surface area contributed by atoms with Gasteiger partial charge in [-0.05, 0) is 23.0 Å². The Bertz CT molecular complexity index is 354. The SMILES string of the molecule is C=C/C(=C\C=C(/C)S)c1ccccc1. The second-order valence-electron chi connectivity index (χ2n) is 3.00. The molecule has 0 unspecified atom stereocenters. The molecule has 0 heterocycles. The average molecular weight is 202 g/mol. The summed E-state index contributed by atoms with van der Waals surface area (Å²) in [6.07, 6.45) is 5.83. The fourth-order valence-electron chi connectivity index (χ4n) is 1.12. The highest BCUT2D eigenvalue weighted by Crippen LogP contribution is 2.15. The largest absolute Gasteiger partial charge is 0.148 e. The quantitative estimate of drug-likeness (QED) is 0.554. The number of benzene rings is 1. The maximum atomic E-state index is 4.21. The van der Waals surface area contributed by atoms with Crippen LogP contribution in [0.3, 0.4) is 0 Å². The highest BCUT2D eigenvalue weighted by Gasteiger charge is 1.93. The van der Waals surface area contributed by atoms with Crippen LogP contribution in [-0.2, 0) is 0 Å². The van der Waals surface area contributed by atoms with Gasteiger partial charge < -0.3 is 0 Å². The molecule has 0 aliphatic rings. The molecule has 1 rings (SSSR count). The summed E-state index contributed by atoms with van der Waals surface area (Å²) in [7, 11) is 0. The lowest BCUT2D eigenvalue weighted by Gasteiger charge is -1.99. The van der Waals surface area contributed by atoms with E-state index in [-0.39, 0.29) is 0 Å². The van der Waals surface area contributed by atoms with Crippen molar-refractivity contribution in [3.63, 3.8) is 0 Å². The molecule has 0 aromatic heterocycles. The van der Waals surface area contributed by atoms with E-state index in [0.29, 0.717) is 0 Å². The molecular formula is C13H14S. The topological polar surface area (TPSA) is 0 Å². The van der Waals surface area contributed by atoms with Crippen molar-refractivity contribution in [3.05, 3.63) is 65.6 Å². The highest BCUT2D eigenvalue weighted by molar-refractivity contribution is 7.84. The third kappa shape index (κ3) is 3.27. The van der Waals surface area contributed by atoms with E-state index in [4.69, 9.17) is 0 Å². The summed E-state index contributed by atoms with van der Waals surface area (Å²) in [4.78, 5) is 0.986. The Labute approximate surface area is 91.1 Å². The minimum Gasteiger partial charge on any atom is -0.148 e. The van der Waals surface area contributed by atoms with Crippen molar-refractivity contribution >= 4 is 18.2 Å². The van der Waals surface area contributed by atoms with Gasteiger partial charge in [0.2, 0.25) is 0 Å².